The molecule has 0 amide bonds. The van der Waals surface area contributed by atoms with E-state index in [0.29, 0.717) is 29.8 Å². The van der Waals surface area contributed by atoms with Gasteiger partial charge in [0.1, 0.15) is 17.0 Å². The van der Waals surface area contributed by atoms with Crippen LogP contribution >= 0.6 is 0 Å². The van der Waals surface area contributed by atoms with Crippen LogP contribution in [0.2, 0.25) is 0 Å². The van der Waals surface area contributed by atoms with Crippen molar-refractivity contribution in [3.8, 4) is 22.7 Å². The highest BCUT2D eigenvalue weighted by atomic mass is 16.5. The molecule has 2 aromatic heterocycles. The van der Waals surface area contributed by atoms with Gasteiger partial charge >= 0.3 is 0 Å². The normalized spacial score (nSPS) is 11.5. The average molecular weight is 410 g/mol. The van der Waals surface area contributed by atoms with E-state index in [9.17, 15) is 0 Å². The van der Waals surface area contributed by atoms with Gasteiger partial charge in [0.2, 0.25) is 5.89 Å². The van der Waals surface area contributed by atoms with Gasteiger partial charge in [-0.05, 0) is 36.4 Å². The third kappa shape index (κ3) is 3.98. The first-order valence-corrected chi connectivity index (χ1v) is 10.2. The number of aromatic nitrogens is 3. The lowest BCUT2D eigenvalue weighted by molar-refractivity contribution is 0.283. The van der Waals surface area contributed by atoms with Crippen molar-refractivity contribution in [3.63, 3.8) is 0 Å². The Morgan fingerprint density at radius 2 is 1.61 bits per heavy atom. The number of hydrogen-bond donors (Lipinski definition) is 0. The van der Waals surface area contributed by atoms with Crippen molar-refractivity contribution in [1.82, 2.24) is 20.3 Å². The first kappa shape index (κ1) is 19.2. The second kappa shape index (κ2) is 8.16. The van der Waals surface area contributed by atoms with Crippen molar-refractivity contribution in [3.05, 3.63) is 90.0 Å². The zero-order chi connectivity index (χ0) is 21.2. The fourth-order valence-corrected chi connectivity index (χ4v) is 3.77. The van der Waals surface area contributed by atoms with Crippen LogP contribution in [0.4, 0.5) is 0 Å². The fourth-order valence-electron chi connectivity index (χ4n) is 3.77. The molecular formula is C25H22N4O2. The molecule has 5 rings (SSSR count). The van der Waals surface area contributed by atoms with E-state index in [1.807, 2.05) is 44.3 Å². The molecule has 0 aliphatic rings. The van der Waals surface area contributed by atoms with Crippen molar-refractivity contribution in [2.24, 2.45) is 0 Å². The highest BCUT2D eigenvalue weighted by Crippen LogP contribution is 2.33. The Bertz CT molecular complexity index is 1320. The van der Waals surface area contributed by atoms with E-state index in [4.69, 9.17) is 8.94 Å². The number of benzene rings is 3. The number of nitrogens with zero attached hydrogens (tertiary/aromatic N) is 4. The van der Waals surface area contributed by atoms with Gasteiger partial charge in [-0.25, -0.2) is 0 Å². The Kier molecular flexibility index (Phi) is 5.06. The van der Waals surface area contributed by atoms with Crippen LogP contribution in [0.25, 0.3) is 33.5 Å². The molecule has 2 heterocycles. The lowest BCUT2D eigenvalue weighted by Gasteiger charge is -2.14. The molecule has 0 fully saturated rings. The Morgan fingerprint density at radius 3 is 2.45 bits per heavy atom. The molecule has 6 nitrogen and oxygen atoms in total. The summed E-state index contributed by atoms with van der Waals surface area (Å²) in [7, 11) is 2.04. The molecule has 0 unspecified atom stereocenters. The van der Waals surface area contributed by atoms with Gasteiger partial charge in [0.05, 0.1) is 6.54 Å². The van der Waals surface area contributed by atoms with Crippen LogP contribution in [-0.4, -0.2) is 27.3 Å². The van der Waals surface area contributed by atoms with Crippen LogP contribution in [-0.2, 0) is 13.1 Å². The number of aryl methyl sites for hydroxylation is 1. The second-order valence-corrected chi connectivity index (χ2v) is 7.68. The van der Waals surface area contributed by atoms with E-state index >= 15 is 0 Å². The van der Waals surface area contributed by atoms with Crippen LogP contribution in [0.5, 0.6) is 0 Å². The lowest BCUT2D eigenvalue weighted by atomic mass is 10.1. The highest BCUT2D eigenvalue weighted by Gasteiger charge is 2.22. The van der Waals surface area contributed by atoms with Gasteiger partial charge in [-0.2, -0.15) is 0 Å². The van der Waals surface area contributed by atoms with Gasteiger partial charge in [-0.3, -0.25) is 4.90 Å². The number of hydrogen-bond acceptors (Lipinski definition) is 6. The molecule has 0 spiro atoms. The maximum atomic E-state index is 5.99. The molecule has 0 radical (unpaired) electrons. The topological polar surface area (TPSA) is 68.2 Å². The molecule has 0 bridgehead atoms. The highest BCUT2D eigenvalue weighted by molar-refractivity contribution is 5.83. The molecule has 5 aromatic rings. The van der Waals surface area contributed by atoms with E-state index in [0.717, 1.165) is 17.7 Å². The van der Waals surface area contributed by atoms with Crippen LogP contribution in [0.1, 0.15) is 17.2 Å². The quantitative estimate of drug-likeness (QED) is 0.369. The van der Waals surface area contributed by atoms with Crippen LogP contribution < -0.4 is 0 Å². The van der Waals surface area contributed by atoms with E-state index in [1.54, 1.807) is 0 Å². The maximum absolute atomic E-state index is 5.99. The largest absolute Gasteiger partial charge is 0.419 e. The Balaban J connectivity index is 1.34. The first-order chi connectivity index (χ1) is 15.2. The minimum atomic E-state index is 0.423. The first-order valence-electron chi connectivity index (χ1n) is 10.2. The zero-order valence-electron chi connectivity index (χ0n) is 17.4. The minimum Gasteiger partial charge on any atom is -0.419 e. The van der Waals surface area contributed by atoms with Gasteiger partial charge in [0.15, 0.2) is 0 Å². The molecular weight excluding hydrogens is 388 g/mol. The average Bonchev–Trinajstić information content (AvgIpc) is 3.40. The summed E-state index contributed by atoms with van der Waals surface area (Å²) in [5.74, 6) is 1.63. The molecule has 0 aliphatic heterocycles. The summed E-state index contributed by atoms with van der Waals surface area (Å²) in [5, 5.41) is 15.2. The smallest absolute Gasteiger partial charge is 0.253 e. The van der Waals surface area contributed by atoms with Crippen molar-refractivity contribution >= 4 is 10.8 Å². The zero-order valence-corrected chi connectivity index (χ0v) is 17.4. The Hall–Kier alpha value is -3.77. The van der Waals surface area contributed by atoms with Crippen molar-refractivity contribution in [1.29, 1.82) is 0 Å². The van der Waals surface area contributed by atoms with Crippen LogP contribution in [0, 0.1) is 6.92 Å². The van der Waals surface area contributed by atoms with E-state index in [1.165, 1.54) is 16.3 Å². The molecule has 0 aliphatic carbocycles. The standard InChI is InChI=1S/C25H22N4O2/c1-17-23(24(28-31-17)20-9-4-3-5-10-20)25-27-26-22(30-25)16-29(2)15-18-12-13-19-8-6-7-11-21(19)14-18/h3-14H,15-16H2,1-2H3. The molecule has 154 valence electrons. The van der Waals surface area contributed by atoms with Crippen molar-refractivity contribution in [2.75, 3.05) is 7.05 Å². The molecule has 6 heteroatoms. The predicted octanol–water partition coefficient (Wildman–Crippen LogP) is 5.49. The van der Waals surface area contributed by atoms with E-state index in [-0.39, 0.29) is 0 Å². The van der Waals surface area contributed by atoms with Crippen molar-refractivity contribution in [2.45, 2.75) is 20.0 Å². The summed E-state index contributed by atoms with van der Waals surface area (Å²) in [6, 6.07) is 24.8. The third-order valence-electron chi connectivity index (χ3n) is 5.26. The van der Waals surface area contributed by atoms with Gasteiger partial charge in [-0.15, -0.1) is 10.2 Å². The van der Waals surface area contributed by atoms with Gasteiger partial charge in [-0.1, -0.05) is 71.9 Å². The predicted molar refractivity (Wildman–Crippen MR) is 119 cm³/mol. The third-order valence-corrected chi connectivity index (χ3v) is 5.26. The van der Waals surface area contributed by atoms with E-state index < -0.39 is 0 Å². The summed E-state index contributed by atoms with van der Waals surface area (Å²) >= 11 is 0. The summed E-state index contributed by atoms with van der Waals surface area (Å²) in [4.78, 5) is 2.15. The number of fused-ring (bicyclic) bond motifs is 1. The Labute approximate surface area is 180 Å². The maximum Gasteiger partial charge on any atom is 0.253 e. The summed E-state index contributed by atoms with van der Waals surface area (Å²) in [6.07, 6.45) is 0. The molecule has 0 atom stereocenters. The van der Waals surface area contributed by atoms with Crippen molar-refractivity contribution < 1.29 is 8.94 Å². The number of rotatable bonds is 6. The summed E-state index contributed by atoms with van der Waals surface area (Å²) in [6.45, 7) is 3.18. The molecule has 0 saturated heterocycles. The molecule has 0 saturated carbocycles. The molecule has 31 heavy (non-hydrogen) atoms. The monoisotopic (exact) mass is 410 g/mol. The minimum absolute atomic E-state index is 0.423. The molecule has 0 N–H and O–H groups in total. The second-order valence-electron chi connectivity index (χ2n) is 7.68. The van der Waals surface area contributed by atoms with Crippen LogP contribution in [0.3, 0.4) is 0 Å². The van der Waals surface area contributed by atoms with Gasteiger partial charge < -0.3 is 8.94 Å². The van der Waals surface area contributed by atoms with Gasteiger partial charge in [0.25, 0.3) is 5.89 Å². The summed E-state index contributed by atoms with van der Waals surface area (Å²) in [5.41, 5.74) is 3.63. The molecule has 3 aromatic carbocycles. The SMILES string of the molecule is Cc1onc(-c2ccccc2)c1-c1nnc(CN(C)Cc2ccc3ccccc3c2)o1. The lowest BCUT2D eigenvalue weighted by Crippen LogP contribution is -2.17. The summed E-state index contributed by atoms with van der Waals surface area (Å²) < 4.78 is 11.4. The Morgan fingerprint density at radius 1 is 0.839 bits per heavy atom. The fraction of sp³-hybridized carbons (Fsp3) is 0.160. The van der Waals surface area contributed by atoms with Gasteiger partial charge in [0, 0.05) is 12.1 Å². The van der Waals surface area contributed by atoms with Crippen LogP contribution in [0.15, 0.2) is 81.7 Å². The van der Waals surface area contributed by atoms with E-state index in [2.05, 4.69) is 62.7 Å².